The van der Waals surface area contributed by atoms with Crippen LogP contribution in [0.25, 0.3) is 0 Å². The molecule has 0 N–H and O–H groups in total. The third-order valence-corrected chi connectivity index (χ3v) is 3.69. The van der Waals surface area contributed by atoms with Gasteiger partial charge in [-0.3, -0.25) is 5.01 Å². The van der Waals surface area contributed by atoms with Gasteiger partial charge >= 0.3 is 0 Å². The van der Waals surface area contributed by atoms with Crippen LogP contribution in [-0.2, 0) is 0 Å². The molecule has 1 atom stereocenters. The van der Waals surface area contributed by atoms with Gasteiger partial charge in [-0.1, -0.05) is 54.1 Å². The lowest BCUT2D eigenvalue weighted by molar-refractivity contribution is 0.290. The molecule has 2 aromatic rings. The Morgan fingerprint density at radius 1 is 1.11 bits per heavy atom. The van der Waals surface area contributed by atoms with Gasteiger partial charge in [-0.2, -0.15) is 5.10 Å². The van der Waals surface area contributed by atoms with E-state index in [9.17, 15) is 0 Å². The SMILES string of the molecule is CN1N=C(c2ccccc2)CC1c1cccc(Cl)c1. The van der Waals surface area contributed by atoms with Crippen molar-refractivity contribution in [1.29, 1.82) is 0 Å². The number of hydrazone groups is 1. The fraction of sp³-hybridized carbons (Fsp3) is 0.188. The monoisotopic (exact) mass is 270 g/mol. The van der Waals surface area contributed by atoms with Crippen molar-refractivity contribution in [2.75, 3.05) is 7.05 Å². The zero-order valence-electron chi connectivity index (χ0n) is 10.8. The largest absolute Gasteiger partial charge is 0.292 e. The molecule has 3 rings (SSSR count). The predicted octanol–water partition coefficient (Wildman–Crippen LogP) is 4.12. The van der Waals surface area contributed by atoms with Crippen molar-refractivity contribution in [1.82, 2.24) is 5.01 Å². The molecule has 0 saturated carbocycles. The van der Waals surface area contributed by atoms with Crippen molar-refractivity contribution in [2.24, 2.45) is 5.10 Å². The maximum absolute atomic E-state index is 6.07. The highest BCUT2D eigenvalue weighted by molar-refractivity contribution is 6.30. The van der Waals surface area contributed by atoms with Crippen molar-refractivity contribution in [3.8, 4) is 0 Å². The molecular formula is C16H15ClN2. The van der Waals surface area contributed by atoms with Crippen molar-refractivity contribution >= 4 is 17.3 Å². The highest BCUT2D eigenvalue weighted by Gasteiger charge is 2.25. The van der Waals surface area contributed by atoms with Crippen LogP contribution in [0.15, 0.2) is 59.7 Å². The smallest absolute Gasteiger partial charge is 0.0773 e. The Hall–Kier alpha value is -1.80. The van der Waals surface area contributed by atoms with Gasteiger partial charge in [-0.05, 0) is 23.3 Å². The molecule has 0 amide bonds. The van der Waals surface area contributed by atoms with Crippen LogP contribution >= 0.6 is 11.6 Å². The van der Waals surface area contributed by atoms with Gasteiger partial charge in [0.1, 0.15) is 0 Å². The molecule has 0 aromatic heterocycles. The Morgan fingerprint density at radius 2 is 1.89 bits per heavy atom. The molecule has 0 radical (unpaired) electrons. The number of hydrogen-bond donors (Lipinski definition) is 0. The van der Waals surface area contributed by atoms with Gasteiger partial charge < -0.3 is 0 Å². The second-order valence-corrected chi connectivity index (χ2v) is 5.20. The Bertz CT molecular complexity index is 607. The van der Waals surface area contributed by atoms with Crippen LogP contribution < -0.4 is 0 Å². The normalized spacial score (nSPS) is 18.5. The molecule has 0 fully saturated rings. The summed E-state index contributed by atoms with van der Waals surface area (Å²) in [6, 6.07) is 18.6. The molecular weight excluding hydrogens is 256 g/mol. The fourth-order valence-corrected chi connectivity index (χ4v) is 2.67. The minimum Gasteiger partial charge on any atom is -0.292 e. The Labute approximate surface area is 118 Å². The van der Waals surface area contributed by atoms with E-state index in [2.05, 4.69) is 23.3 Å². The molecule has 0 aliphatic carbocycles. The van der Waals surface area contributed by atoms with E-state index in [4.69, 9.17) is 11.6 Å². The van der Waals surface area contributed by atoms with E-state index < -0.39 is 0 Å². The molecule has 1 unspecified atom stereocenters. The summed E-state index contributed by atoms with van der Waals surface area (Å²) in [7, 11) is 2.02. The number of nitrogens with zero attached hydrogens (tertiary/aromatic N) is 2. The minimum absolute atomic E-state index is 0.272. The highest BCUT2D eigenvalue weighted by atomic mass is 35.5. The maximum Gasteiger partial charge on any atom is 0.0773 e. The number of halogens is 1. The van der Waals surface area contributed by atoms with E-state index in [0.717, 1.165) is 17.2 Å². The van der Waals surface area contributed by atoms with Crippen LogP contribution in [-0.4, -0.2) is 17.8 Å². The van der Waals surface area contributed by atoms with Gasteiger partial charge in [-0.25, -0.2) is 0 Å². The molecule has 0 bridgehead atoms. The molecule has 0 spiro atoms. The van der Waals surface area contributed by atoms with Gasteiger partial charge in [0.05, 0.1) is 11.8 Å². The van der Waals surface area contributed by atoms with Gasteiger partial charge in [0, 0.05) is 18.5 Å². The van der Waals surface area contributed by atoms with Gasteiger partial charge in [0.25, 0.3) is 0 Å². The van der Waals surface area contributed by atoms with Gasteiger partial charge in [-0.15, -0.1) is 0 Å². The van der Waals surface area contributed by atoms with Crippen molar-refractivity contribution in [2.45, 2.75) is 12.5 Å². The first-order chi connectivity index (χ1) is 9.24. The lowest BCUT2D eigenvalue weighted by Gasteiger charge is -2.19. The summed E-state index contributed by atoms with van der Waals surface area (Å²) in [4.78, 5) is 0. The van der Waals surface area contributed by atoms with Crippen molar-refractivity contribution < 1.29 is 0 Å². The number of rotatable bonds is 2. The van der Waals surface area contributed by atoms with Crippen molar-refractivity contribution in [3.05, 3.63) is 70.7 Å². The first-order valence-electron chi connectivity index (χ1n) is 6.35. The summed E-state index contributed by atoms with van der Waals surface area (Å²) in [5, 5.41) is 7.45. The number of hydrogen-bond acceptors (Lipinski definition) is 2. The Morgan fingerprint density at radius 3 is 2.63 bits per heavy atom. The van der Waals surface area contributed by atoms with Crippen LogP contribution in [0, 0.1) is 0 Å². The average molecular weight is 271 g/mol. The second-order valence-electron chi connectivity index (χ2n) is 4.76. The third kappa shape index (κ3) is 2.49. The van der Waals surface area contributed by atoms with E-state index in [-0.39, 0.29) is 6.04 Å². The lowest BCUT2D eigenvalue weighted by atomic mass is 9.99. The summed E-state index contributed by atoms with van der Waals surface area (Å²) >= 11 is 6.07. The van der Waals surface area contributed by atoms with Crippen LogP contribution in [0.1, 0.15) is 23.6 Å². The molecule has 0 saturated heterocycles. The molecule has 3 heteroatoms. The molecule has 1 aliphatic rings. The van der Waals surface area contributed by atoms with Crippen LogP contribution in [0.5, 0.6) is 0 Å². The first-order valence-corrected chi connectivity index (χ1v) is 6.73. The standard InChI is InChI=1S/C16H15ClN2/c1-19-16(13-8-5-9-14(17)10-13)11-15(18-19)12-6-3-2-4-7-12/h2-10,16H,11H2,1H3. The summed E-state index contributed by atoms with van der Waals surface area (Å²) in [6.45, 7) is 0. The second kappa shape index (κ2) is 5.06. The van der Waals surface area contributed by atoms with E-state index in [1.807, 2.05) is 48.5 Å². The lowest BCUT2D eigenvalue weighted by Crippen LogP contribution is -2.13. The third-order valence-electron chi connectivity index (χ3n) is 3.46. The Balaban J connectivity index is 1.86. The average Bonchev–Trinajstić information content (AvgIpc) is 2.82. The zero-order valence-corrected chi connectivity index (χ0v) is 11.5. The van der Waals surface area contributed by atoms with E-state index >= 15 is 0 Å². The van der Waals surface area contributed by atoms with Gasteiger partial charge in [0.2, 0.25) is 0 Å². The van der Waals surface area contributed by atoms with Crippen LogP contribution in [0.4, 0.5) is 0 Å². The van der Waals surface area contributed by atoms with Crippen LogP contribution in [0.2, 0.25) is 5.02 Å². The summed E-state index contributed by atoms with van der Waals surface area (Å²) in [6.07, 6.45) is 0.918. The number of benzene rings is 2. The van der Waals surface area contributed by atoms with Gasteiger partial charge in [0.15, 0.2) is 0 Å². The molecule has 2 aromatic carbocycles. The summed E-state index contributed by atoms with van der Waals surface area (Å²) in [5.74, 6) is 0. The predicted molar refractivity (Wildman–Crippen MR) is 79.6 cm³/mol. The summed E-state index contributed by atoms with van der Waals surface area (Å²) in [5.41, 5.74) is 3.54. The fourth-order valence-electron chi connectivity index (χ4n) is 2.47. The molecule has 2 nitrogen and oxygen atoms in total. The minimum atomic E-state index is 0.272. The topological polar surface area (TPSA) is 15.6 Å². The first kappa shape index (κ1) is 12.2. The van der Waals surface area contributed by atoms with E-state index in [1.54, 1.807) is 0 Å². The summed E-state index contributed by atoms with van der Waals surface area (Å²) < 4.78 is 0. The highest BCUT2D eigenvalue weighted by Crippen LogP contribution is 2.32. The molecule has 1 aliphatic heterocycles. The van der Waals surface area contributed by atoms with Crippen LogP contribution in [0.3, 0.4) is 0 Å². The molecule has 96 valence electrons. The molecule has 19 heavy (non-hydrogen) atoms. The van der Waals surface area contributed by atoms with E-state index in [1.165, 1.54) is 11.1 Å². The molecule has 1 heterocycles. The zero-order chi connectivity index (χ0) is 13.2. The Kier molecular flexibility index (Phi) is 3.26. The van der Waals surface area contributed by atoms with Crippen molar-refractivity contribution in [3.63, 3.8) is 0 Å². The van der Waals surface area contributed by atoms with E-state index in [0.29, 0.717) is 0 Å². The quantitative estimate of drug-likeness (QED) is 0.801. The maximum atomic E-state index is 6.07.